The lowest BCUT2D eigenvalue weighted by Gasteiger charge is -2.25. The van der Waals surface area contributed by atoms with Gasteiger partial charge in [0.1, 0.15) is 24.0 Å². The molecule has 0 aliphatic carbocycles. The zero-order chi connectivity index (χ0) is 21.1. The number of methoxy groups -OCH3 is 1. The first kappa shape index (κ1) is 19.8. The summed E-state index contributed by atoms with van der Waals surface area (Å²) in [4.78, 5) is 0. The van der Waals surface area contributed by atoms with Crippen molar-refractivity contribution in [1.29, 1.82) is 5.26 Å². The largest absolute Gasteiger partial charge is 0.489 e. The van der Waals surface area contributed by atoms with Gasteiger partial charge in [-0.2, -0.15) is 5.26 Å². The van der Waals surface area contributed by atoms with Gasteiger partial charge in [0.05, 0.1) is 23.8 Å². The maximum absolute atomic E-state index is 9.82. The number of nitriles is 1. The van der Waals surface area contributed by atoms with Gasteiger partial charge >= 0.3 is 0 Å². The van der Waals surface area contributed by atoms with Gasteiger partial charge < -0.3 is 19.9 Å². The predicted molar refractivity (Wildman–Crippen MR) is 111 cm³/mol. The summed E-state index contributed by atoms with van der Waals surface area (Å²) in [5.41, 5.74) is 9.37. The van der Waals surface area contributed by atoms with Crippen LogP contribution >= 0.6 is 11.6 Å². The average Bonchev–Trinajstić information content (AvgIpc) is 3.15. The third-order valence-corrected chi connectivity index (χ3v) is 5.25. The minimum Gasteiger partial charge on any atom is -0.489 e. The molecule has 2 aromatic carbocycles. The van der Waals surface area contributed by atoms with E-state index in [-0.39, 0.29) is 24.7 Å². The van der Waals surface area contributed by atoms with Crippen LogP contribution in [0.2, 0.25) is 5.02 Å². The Kier molecular flexibility index (Phi) is 5.61. The Morgan fingerprint density at radius 1 is 1.20 bits per heavy atom. The van der Waals surface area contributed by atoms with Gasteiger partial charge in [0.15, 0.2) is 0 Å². The van der Waals surface area contributed by atoms with Gasteiger partial charge in [-0.25, -0.2) is 0 Å². The number of hydrogen-bond acceptors (Lipinski definition) is 6. The molecule has 0 saturated heterocycles. The molecular formula is C22H19ClN4O3. The Hall–Kier alpha value is -3.47. The number of H-pyrrole nitrogens is 1. The molecule has 0 saturated carbocycles. The fourth-order valence-electron chi connectivity index (χ4n) is 3.50. The standard InChI is InChI=1S/C22H19ClN4O3/c1-28-12-17-20-19(15(10-24)21(25)30-22(20)27-26-17)14-7-3-5-9-18(14)29-11-13-6-2-4-8-16(13)23/h2-9,19H,11-12,25H2,1H3,(H,26,27). The molecule has 30 heavy (non-hydrogen) atoms. The second kappa shape index (κ2) is 8.49. The first-order chi connectivity index (χ1) is 14.6. The van der Waals surface area contributed by atoms with E-state index in [0.717, 1.165) is 11.1 Å². The van der Waals surface area contributed by atoms with Gasteiger partial charge in [-0.1, -0.05) is 48.0 Å². The highest BCUT2D eigenvalue weighted by Crippen LogP contribution is 2.45. The van der Waals surface area contributed by atoms with Crippen molar-refractivity contribution < 1.29 is 14.2 Å². The maximum atomic E-state index is 9.82. The third kappa shape index (κ3) is 3.59. The molecule has 8 heteroatoms. The van der Waals surface area contributed by atoms with Crippen molar-refractivity contribution >= 4 is 11.6 Å². The highest BCUT2D eigenvalue weighted by molar-refractivity contribution is 6.31. The summed E-state index contributed by atoms with van der Waals surface area (Å²) >= 11 is 6.26. The van der Waals surface area contributed by atoms with Crippen LogP contribution in [0.15, 0.2) is 60.0 Å². The molecule has 1 aliphatic rings. The number of fused-ring (bicyclic) bond motifs is 1. The normalized spacial score (nSPS) is 15.3. The molecule has 0 fully saturated rings. The number of rotatable bonds is 6. The van der Waals surface area contributed by atoms with Crippen LogP contribution in [0.25, 0.3) is 0 Å². The second-order valence-corrected chi connectivity index (χ2v) is 7.10. The van der Waals surface area contributed by atoms with Gasteiger partial charge in [-0.15, -0.1) is 5.10 Å². The van der Waals surface area contributed by atoms with E-state index in [1.165, 1.54) is 0 Å². The average molecular weight is 423 g/mol. The monoisotopic (exact) mass is 422 g/mol. The predicted octanol–water partition coefficient (Wildman–Crippen LogP) is 4.01. The Bertz CT molecular complexity index is 1150. The smallest absolute Gasteiger partial charge is 0.244 e. The van der Waals surface area contributed by atoms with Crippen LogP contribution in [0.3, 0.4) is 0 Å². The van der Waals surface area contributed by atoms with Crippen LogP contribution < -0.4 is 15.2 Å². The third-order valence-electron chi connectivity index (χ3n) is 4.88. The minimum absolute atomic E-state index is 0.0198. The van der Waals surface area contributed by atoms with Crippen LogP contribution in [-0.4, -0.2) is 17.3 Å². The fraction of sp³-hybridized carbons (Fsp3) is 0.182. The summed E-state index contributed by atoms with van der Waals surface area (Å²) in [5.74, 6) is 0.446. The van der Waals surface area contributed by atoms with Gasteiger partial charge in [0.25, 0.3) is 0 Å². The van der Waals surface area contributed by atoms with Crippen molar-refractivity contribution in [1.82, 2.24) is 10.2 Å². The van der Waals surface area contributed by atoms with Gasteiger partial charge in [0, 0.05) is 23.3 Å². The van der Waals surface area contributed by atoms with Crippen LogP contribution in [0.4, 0.5) is 0 Å². The molecule has 3 aromatic rings. The zero-order valence-corrected chi connectivity index (χ0v) is 16.9. The number of aromatic amines is 1. The number of hydrogen-bond donors (Lipinski definition) is 2. The van der Waals surface area contributed by atoms with Crippen molar-refractivity contribution in [3.05, 3.63) is 87.4 Å². The van der Waals surface area contributed by atoms with Gasteiger partial charge in [-0.3, -0.25) is 5.10 Å². The molecule has 0 bridgehead atoms. The lowest BCUT2D eigenvalue weighted by atomic mass is 9.83. The lowest BCUT2D eigenvalue weighted by Crippen LogP contribution is -2.21. The van der Waals surface area contributed by atoms with E-state index in [2.05, 4.69) is 16.3 Å². The van der Waals surface area contributed by atoms with Crippen LogP contribution in [0.1, 0.15) is 28.3 Å². The van der Waals surface area contributed by atoms with E-state index in [1.807, 2.05) is 48.5 Å². The molecule has 7 nitrogen and oxygen atoms in total. The summed E-state index contributed by atoms with van der Waals surface area (Å²) in [7, 11) is 1.59. The highest BCUT2D eigenvalue weighted by Gasteiger charge is 2.36. The Morgan fingerprint density at radius 3 is 2.73 bits per heavy atom. The summed E-state index contributed by atoms with van der Waals surface area (Å²) in [6.07, 6.45) is 0. The number of allylic oxidation sites excluding steroid dienone is 1. The topological polar surface area (TPSA) is 106 Å². The van der Waals surface area contributed by atoms with E-state index in [4.69, 9.17) is 31.5 Å². The van der Waals surface area contributed by atoms with E-state index in [1.54, 1.807) is 7.11 Å². The molecule has 1 aromatic heterocycles. The first-order valence-corrected chi connectivity index (χ1v) is 9.60. The Balaban J connectivity index is 1.77. The molecule has 0 amide bonds. The Morgan fingerprint density at radius 2 is 1.97 bits per heavy atom. The van der Waals surface area contributed by atoms with Crippen molar-refractivity contribution in [3.63, 3.8) is 0 Å². The number of para-hydroxylation sites is 1. The van der Waals surface area contributed by atoms with Crippen LogP contribution in [0.5, 0.6) is 11.6 Å². The molecule has 4 rings (SSSR count). The van der Waals surface area contributed by atoms with Crippen molar-refractivity contribution in [3.8, 4) is 17.7 Å². The quantitative estimate of drug-likeness (QED) is 0.621. The number of nitrogens with two attached hydrogens (primary N) is 1. The molecule has 2 heterocycles. The first-order valence-electron chi connectivity index (χ1n) is 9.22. The molecule has 1 aliphatic heterocycles. The van der Waals surface area contributed by atoms with E-state index in [9.17, 15) is 5.26 Å². The van der Waals surface area contributed by atoms with Crippen molar-refractivity contribution in [2.45, 2.75) is 19.1 Å². The van der Waals surface area contributed by atoms with Gasteiger partial charge in [0.2, 0.25) is 11.8 Å². The van der Waals surface area contributed by atoms with Crippen molar-refractivity contribution in [2.75, 3.05) is 7.11 Å². The lowest BCUT2D eigenvalue weighted by molar-refractivity contribution is 0.180. The number of halogens is 1. The van der Waals surface area contributed by atoms with Crippen molar-refractivity contribution in [2.24, 2.45) is 5.73 Å². The highest BCUT2D eigenvalue weighted by atomic mass is 35.5. The molecule has 1 unspecified atom stereocenters. The summed E-state index contributed by atoms with van der Waals surface area (Å²) in [6, 6.07) is 17.2. The summed E-state index contributed by atoms with van der Waals surface area (Å²) < 4.78 is 17.0. The molecule has 152 valence electrons. The summed E-state index contributed by atoms with van der Waals surface area (Å²) in [5, 5.41) is 17.6. The van der Waals surface area contributed by atoms with E-state index in [0.29, 0.717) is 27.9 Å². The number of nitrogens with one attached hydrogen (secondary N) is 1. The number of benzene rings is 2. The molecule has 3 N–H and O–H groups in total. The molecule has 0 spiro atoms. The zero-order valence-electron chi connectivity index (χ0n) is 16.2. The van der Waals surface area contributed by atoms with Crippen LogP contribution in [0, 0.1) is 11.3 Å². The van der Waals surface area contributed by atoms with E-state index < -0.39 is 5.92 Å². The molecule has 1 atom stereocenters. The number of nitrogens with zero attached hydrogens (tertiary/aromatic N) is 2. The molecule has 0 radical (unpaired) electrons. The molecular weight excluding hydrogens is 404 g/mol. The minimum atomic E-state index is -0.509. The second-order valence-electron chi connectivity index (χ2n) is 6.70. The number of ether oxygens (including phenoxy) is 3. The fourth-order valence-corrected chi connectivity index (χ4v) is 3.69. The number of aromatic nitrogens is 2. The SMILES string of the molecule is COCc1[nH]nc2c1C(c1ccccc1OCc1ccccc1Cl)C(C#N)=C(N)O2. The van der Waals surface area contributed by atoms with E-state index >= 15 is 0 Å². The van der Waals surface area contributed by atoms with Crippen LogP contribution in [-0.2, 0) is 18.0 Å². The maximum Gasteiger partial charge on any atom is 0.244 e. The summed E-state index contributed by atoms with van der Waals surface area (Å²) in [6.45, 7) is 0.563. The van der Waals surface area contributed by atoms with Gasteiger partial charge in [-0.05, 0) is 12.1 Å². The Labute approximate surface area is 178 Å².